The number of nitrogens with zero attached hydrogens (tertiary/aromatic N) is 3. The summed E-state index contributed by atoms with van der Waals surface area (Å²) in [5.41, 5.74) is 11.3. The second-order valence-corrected chi connectivity index (χ2v) is 12.2. The van der Waals surface area contributed by atoms with E-state index in [1.54, 1.807) is 0 Å². The zero-order chi connectivity index (χ0) is 31.6. The standard InChI is InChI=1S/C44H27N3O/c1-3-12-28(13-4-1)43-34-17-7-9-19-37(34)45-44(46-43)36-18-11-21-40-42(36)35-25-23-30(27-41(35)48-40)29-22-24-33-32-16-8-10-20-38(32)47(39(33)26-29)31-14-5-2-6-15-31/h1-27H. The molecule has 4 nitrogen and oxygen atoms in total. The fourth-order valence-electron chi connectivity index (χ4n) is 7.21. The topological polar surface area (TPSA) is 43.9 Å². The summed E-state index contributed by atoms with van der Waals surface area (Å²) in [7, 11) is 0. The molecule has 0 N–H and O–H groups in total. The van der Waals surface area contributed by atoms with Crippen molar-refractivity contribution in [3.8, 4) is 39.5 Å². The molecule has 0 unspecified atom stereocenters. The van der Waals surface area contributed by atoms with E-state index in [2.05, 4.69) is 126 Å². The third-order valence-corrected chi connectivity index (χ3v) is 9.41. The molecule has 10 aromatic rings. The Morgan fingerprint density at radius 2 is 1.12 bits per heavy atom. The number of aromatic nitrogens is 3. The van der Waals surface area contributed by atoms with Gasteiger partial charge in [0, 0.05) is 43.7 Å². The summed E-state index contributed by atoms with van der Waals surface area (Å²) in [5, 5.41) is 5.58. The van der Waals surface area contributed by atoms with E-state index < -0.39 is 0 Å². The molecule has 0 bridgehead atoms. The van der Waals surface area contributed by atoms with Gasteiger partial charge in [-0.2, -0.15) is 0 Å². The average Bonchev–Trinajstić information content (AvgIpc) is 3.70. The van der Waals surface area contributed by atoms with E-state index in [-0.39, 0.29) is 0 Å². The zero-order valence-corrected chi connectivity index (χ0v) is 25.8. The van der Waals surface area contributed by atoms with Crippen LogP contribution < -0.4 is 0 Å². The van der Waals surface area contributed by atoms with Crippen LogP contribution >= 0.6 is 0 Å². The molecular formula is C44H27N3O. The van der Waals surface area contributed by atoms with Crippen molar-refractivity contribution < 1.29 is 4.42 Å². The zero-order valence-electron chi connectivity index (χ0n) is 25.8. The summed E-state index contributed by atoms with van der Waals surface area (Å²) in [4.78, 5) is 10.2. The highest BCUT2D eigenvalue weighted by Crippen LogP contribution is 2.40. The minimum Gasteiger partial charge on any atom is -0.456 e. The molecule has 0 aliphatic carbocycles. The van der Waals surface area contributed by atoms with Crippen LogP contribution in [-0.2, 0) is 0 Å². The maximum Gasteiger partial charge on any atom is 0.161 e. The van der Waals surface area contributed by atoms with E-state index in [1.165, 1.54) is 21.8 Å². The highest BCUT2D eigenvalue weighted by atomic mass is 16.3. The molecule has 0 fully saturated rings. The highest BCUT2D eigenvalue weighted by Gasteiger charge is 2.18. The molecule has 0 aliphatic heterocycles. The van der Waals surface area contributed by atoms with Crippen LogP contribution in [0.1, 0.15) is 0 Å². The molecule has 4 heteroatoms. The second-order valence-electron chi connectivity index (χ2n) is 12.2. The number of hydrogen-bond donors (Lipinski definition) is 0. The monoisotopic (exact) mass is 613 g/mol. The summed E-state index contributed by atoms with van der Waals surface area (Å²) in [6, 6.07) is 57.2. The van der Waals surface area contributed by atoms with Gasteiger partial charge in [-0.15, -0.1) is 0 Å². The summed E-state index contributed by atoms with van der Waals surface area (Å²) in [5.74, 6) is 0.684. The van der Waals surface area contributed by atoms with Crippen LogP contribution in [0.25, 0.3) is 94.1 Å². The maximum atomic E-state index is 6.55. The molecule has 0 radical (unpaired) electrons. The van der Waals surface area contributed by atoms with E-state index in [0.29, 0.717) is 5.82 Å². The summed E-state index contributed by atoms with van der Waals surface area (Å²) >= 11 is 0. The van der Waals surface area contributed by atoms with Crippen molar-refractivity contribution in [2.24, 2.45) is 0 Å². The Balaban J connectivity index is 1.15. The Morgan fingerprint density at radius 3 is 1.98 bits per heavy atom. The normalized spacial score (nSPS) is 11.8. The maximum absolute atomic E-state index is 6.55. The first-order chi connectivity index (χ1) is 23.8. The quantitative estimate of drug-likeness (QED) is 0.198. The van der Waals surface area contributed by atoms with Gasteiger partial charge >= 0.3 is 0 Å². The number of rotatable bonds is 4. The molecule has 0 saturated carbocycles. The predicted octanol–water partition coefficient (Wildman–Crippen LogP) is 11.6. The van der Waals surface area contributed by atoms with Crippen LogP contribution in [0, 0.1) is 0 Å². The number of para-hydroxylation sites is 3. The fraction of sp³-hybridized carbons (Fsp3) is 0. The van der Waals surface area contributed by atoms with Gasteiger partial charge in [-0.3, -0.25) is 0 Å². The SMILES string of the molecule is c1ccc(-c2nc(-c3cccc4oc5cc(-c6ccc7c8ccccc8n(-c8ccccc8)c7c6)ccc5c34)nc3ccccc23)cc1. The first kappa shape index (κ1) is 26.7. The molecule has 224 valence electrons. The first-order valence-corrected chi connectivity index (χ1v) is 16.2. The molecule has 0 aliphatic rings. The average molecular weight is 614 g/mol. The van der Waals surface area contributed by atoms with Crippen LogP contribution in [0.5, 0.6) is 0 Å². The van der Waals surface area contributed by atoms with Gasteiger partial charge < -0.3 is 8.98 Å². The van der Waals surface area contributed by atoms with Crippen molar-refractivity contribution in [2.75, 3.05) is 0 Å². The summed E-state index contributed by atoms with van der Waals surface area (Å²) in [6.07, 6.45) is 0. The van der Waals surface area contributed by atoms with Gasteiger partial charge in [0.1, 0.15) is 11.2 Å². The van der Waals surface area contributed by atoms with E-state index in [9.17, 15) is 0 Å². The van der Waals surface area contributed by atoms with Gasteiger partial charge in [-0.1, -0.05) is 115 Å². The molecule has 10 rings (SSSR count). The third kappa shape index (κ3) is 4.10. The van der Waals surface area contributed by atoms with Crippen LogP contribution in [0.4, 0.5) is 0 Å². The van der Waals surface area contributed by atoms with Crippen molar-refractivity contribution in [3.63, 3.8) is 0 Å². The van der Waals surface area contributed by atoms with Gasteiger partial charge in [-0.05, 0) is 59.7 Å². The number of hydrogen-bond acceptors (Lipinski definition) is 3. The van der Waals surface area contributed by atoms with Gasteiger partial charge in [0.05, 0.1) is 22.2 Å². The summed E-state index contributed by atoms with van der Waals surface area (Å²) in [6.45, 7) is 0. The van der Waals surface area contributed by atoms with Crippen molar-refractivity contribution in [1.29, 1.82) is 0 Å². The largest absolute Gasteiger partial charge is 0.456 e. The Morgan fingerprint density at radius 1 is 0.438 bits per heavy atom. The van der Waals surface area contributed by atoms with Gasteiger partial charge in [-0.25, -0.2) is 9.97 Å². The number of fused-ring (bicyclic) bond motifs is 7. The molecule has 0 amide bonds. The smallest absolute Gasteiger partial charge is 0.161 e. The van der Waals surface area contributed by atoms with E-state index in [1.807, 2.05) is 42.5 Å². The van der Waals surface area contributed by atoms with Crippen molar-refractivity contribution in [2.45, 2.75) is 0 Å². The van der Waals surface area contributed by atoms with Crippen molar-refractivity contribution in [1.82, 2.24) is 14.5 Å². The number of benzene rings is 7. The minimum atomic E-state index is 0.684. The minimum absolute atomic E-state index is 0.684. The van der Waals surface area contributed by atoms with Gasteiger partial charge in [0.25, 0.3) is 0 Å². The lowest BCUT2D eigenvalue weighted by molar-refractivity contribution is 0.669. The fourth-order valence-corrected chi connectivity index (χ4v) is 7.21. The molecule has 3 aromatic heterocycles. The lowest BCUT2D eigenvalue weighted by atomic mass is 10.00. The predicted molar refractivity (Wildman–Crippen MR) is 197 cm³/mol. The Kier molecular flexibility index (Phi) is 5.84. The highest BCUT2D eigenvalue weighted by molar-refractivity contribution is 6.13. The molecular weight excluding hydrogens is 587 g/mol. The Hall–Kier alpha value is -6.52. The molecule has 0 atom stereocenters. The van der Waals surface area contributed by atoms with E-state index in [0.717, 1.165) is 66.5 Å². The van der Waals surface area contributed by atoms with Crippen LogP contribution in [0.3, 0.4) is 0 Å². The van der Waals surface area contributed by atoms with Gasteiger partial charge in [0.2, 0.25) is 0 Å². The lowest BCUT2D eigenvalue weighted by Gasteiger charge is -2.10. The lowest BCUT2D eigenvalue weighted by Crippen LogP contribution is -1.95. The molecule has 0 spiro atoms. The van der Waals surface area contributed by atoms with E-state index >= 15 is 0 Å². The van der Waals surface area contributed by atoms with Crippen LogP contribution in [0.15, 0.2) is 168 Å². The molecule has 3 heterocycles. The van der Waals surface area contributed by atoms with E-state index in [4.69, 9.17) is 14.4 Å². The molecule has 0 saturated heterocycles. The second kappa shape index (κ2) is 10.5. The first-order valence-electron chi connectivity index (χ1n) is 16.2. The Bertz CT molecular complexity index is 2830. The molecule has 7 aromatic carbocycles. The molecule has 48 heavy (non-hydrogen) atoms. The Labute approximate surface area is 276 Å². The van der Waals surface area contributed by atoms with Crippen LogP contribution in [-0.4, -0.2) is 14.5 Å². The third-order valence-electron chi connectivity index (χ3n) is 9.41. The van der Waals surface area contributed by atoms with Crippen LogP contribution in [0.2, 0.25) is 0 Å². The number of furan rings is 1. The van der Waals surface area contributed by atoms with Crippen molar-refractivity contribution >= 4 is 54.6 Å². The van der Waals surface area contributed by atoms with Crippen molar-refractivity contribution in [3.05, 3.63) is 164 Å². The van der Waals surface area contributed by atoms with Gasteiger partial charge in [0.15, 0.2) is 5.82 Å². The summed E-state index contributed by atoms with van der Waals surface area (Å²) < 4.78 is 8.90.